The summed E-state index contributed by atoms with van der Waals surface area (Å²) >= 11 is 0. The number of carbonyl (C=O) groups excluding carboxylic acids is 2. The highest BCUT2D eigenvalue weighted by Crippen LogP contribution is 2.19. The Morgan fingerprint density at radius 1 is 1.44 bits per heavy atom. The van der Waals surface area contributed by atoms with Gasteiger partial charge < -0.3 is 9.53 Å². The van der Waals surface area contributed by atoms with E-state index >= 15 is 0 Å². The molecule has 2 aromatic rings. The monoisotopic (exact) mass is 243 g/mol. The van der Waals surface area contributed by atoms with E-state index in [-0.39, 0.29) is 0 Å². The highest BCUT2D eigenvalue weighted by molar-refractivity contribution is 5.95. The summed E-state index contributed by atoms with van der Waals surface area (Å²) in [6.45, 7) is 2.08. The number of rotatable bonds is 4. The second-order valence-corrected chi connectivity index (χ2v) is 3.80. The first-order valence-corrected chi connectivity index (χ1v) is 5.74. The number of esters is 1. The molecule has 4 heteroatoms. The molecule has 0 amide bonds. The first-order valence-electron chi connectivity index (χ1n) is 5.74. The largest absolute Gasteiger partial charge is 0.462 e. The van der Waals surface area contributed by atoms with Crippen LogP contribution < -0.4 is 0 Å². The topological polar surface area (TPSA) is 56.3 Å². The van der Waals surface area contributed by atoms with Crippen LogP contribution in [0.1, 0.15) is 22.8 Å². The van der Waals surface area contributed by atoms with E-state index in [0.29, 0.717) is 18.6 Å². The maximum atomic E-state index is 11.6. The number of aldehydes is 1. The van der Waals surface area contributed by atoms with Crippen LogP contribution in [-0.2, 0) is 16.0 Å². The van der Waals surface area contributed by atoms with Gasteiger partial charge in [0.15, 0.2) is 0 Å². The molecule has 0 aliphatic carbocycles. The summed E-state index contributed by atoms with van der Waals surface area (Å²) in [7, 11) is 0. The average molecular weight is 243 g/mol. The summed E-state index contributed by atoms with van der Waals surface area (Å²) in [5, 5.41) is 0.815. The molecule has 1 heterocycles. The van der Waals surface area contributed by atoms with Gasteiger partial charge in [-0.3, -0.25) is 4.98 Å². The van der Waals surface area contributed by atoms with E-state index in [9.17, 15) is 9.59 Å². The van der Waals surface area contributed by atoms with E-state index in [1.54, 1.807) is 13.0 Å². The zero-order valence-electron chi connectivity index (χ0n) is 10.1. The number of ether oxygens (including phenoxy) is 1. The number of nitrogens with zero attached hydrogens (tertiary/aromatic N) is 1. The molecule has 2 rings (SSSR count). The lowest BCUT2D eigenvalue weighted by molar-refractivity contribution is -0.107. The molecule has 0 atom stereocenters. The summed E-state index contributed by atoms with van der Waals surface area (Å²) < 4.78 is 4.93. The highest BCUT2D eigenvalue weighted by atomic mass is 16.5. The van der Waals surface area contributed by atoms with Crippen LogP contribution in [0.5, 0.6) is 0 Å². The van der Waals surface area contributed by atoms with E-state index in [0.717, 1.165) is 22.8 Å². The molecule has 0 saturated carbocycles. The predicted octanol–water partition coefficient (Wildman–Crippen LogP) is 2.15. The molecule has 0 aliphatic rings. The number of fused-ring (bicyclic) bond motifs is 1. The van der Waals surface area contributed by atoms with Gasteiger partial charge in [0.05, 0.1) is 17.7 Å². The minimum Gasteiger partial charge on any atom is -0.462 e. The summed E-state index contributed by atoms with van der Waals surface area (Å²) in [6, 6.07) is 7.27. The van der Waals surface area contributed by atoms with Crippen molar-refractivity contribution in [2.45, 2.75) is 13.3 Å². The summed E-state index contributed by atoms with van der Waals surface area (Å²) in [5.74, 6) is -0.396. The van der Waals surface area contributed by atoms with Crippen molar-refractivity contribution in [3.05, 3.63) is 41.6 Å². The Bertz CT molecular complexity index is 593. The average Bonchev–Trinajstić information content (AvgIpc) is 2.39. The van der Waals surface area contributed by atoms with E-state index < -0.39 is 5.97 Å². The number of carbonyl (C=O) groups is 2. The Balaban J connectivity index is 2.51. The molecule has 92 valence electrons. The maximum Gasteiger partial charge on any atom is 0.339 e. The normalized spacial score (nSPS) is 10.3. The molecule has 18 heavy (non-hydrogen) atoms. The number of hydrogen-bond acceptors (Lipinski definition) is 4. The Morgan fingerprint density at radius 3 is 3.00 bits per heavy atom. The van der Waals surface area contributed by atoms with E-state index in [1.165, 1.54) is 6.20 Å². The molecule has 0 N–H and O–H groups in total. The molecule has 4 nitrogen and oxygen atoms in total. The first kappa shape index (κ1) is 12.2. The van der Waals surface area contributed by atoms with Gasteiger partial charge in [0, 0.05) is 18.0 Å². The fourth-order valence-corrected chi connectivity index (χ4v) is 1.80. The molecule has 1 aromatic carbocycles. The summed E-state index contributed by atoms with van der Waals surface area (Å²) in [5.41, 5.74) is 2.03. The molecule has 0 aliphatic heterocycles. The van der Waals surface area contributed by atoms with Gasteiger partial charge in [0.1, 0.15) is 6.29 Å². The Hall–Kier alpha value is -2.23. The standard InChI is InChI=1S/C14H13NO3/c1-2-18-14(17)11-8-12-10(6-7-16)4-3-5-13(12)15-9-11/h3-5,7-9H,2,6H2,1H3. The molecular formula is C14H13NO3. The number of aromatic nitrogens is 1. The lowest BCUT2D eigenvalue weighted by Gasteiger charge is -2.06. The number of pyridine rings is 1. The Labute approximate surface area is 105 Å². The van der Waals surface area contributed by atoms with Crippen molar-refractivity contribution >= 4 is 23.2 Å². The van der Waals surface area contributed by atoms with Gasteiger partial charge in [-0.15, -0.1) is 0 Å². The summed E-state index contributed by atoms with van der Waals surface area (Å²) in [4.78, 5) is 26.5. The highest BCUT2D eigenvalue weighted by Gasteiger charge is 2.09. The molecule has 1 aromatic heterocycles. The van der Waals surface area contributed by atoms with Crippen LogP contribution in [0.15, 0.2) is 30.5 Å². The number of benzene rings is 1. The minimum atomic E-state index is -0.396. The van der Waals surface area contributed by atoms with Gasteiger partial charge in [-0.05, 0) is 24.6 Å². The third kappa shape index (κ3) is 2.37. The minimum absolute atomic E-state index is 0.311. The second-order valence-electron chi connectivity index (χ2n) is 3.80. The maximum absolute atomic E-state index is 11.6. The van der Waals surface area contributed by atoms with Crippen molar-refractivity contribution in [3.8, 4) is 0 Å². The molecular weight excluding hydrogens is 230 g/mol. The molecule has 0 fully saturated rings. The predicted molar refractivity (Wildman–Crippen MR) is 67.5 cm³/mol. The Kier molecular flexibility index (Phi) is 3.67. The van der Waals surface area contributed by atoms with Crippen molar-refractivity contribution in [1.29, 1.82) is 0 Å². The van der Waals surface area contributed by atoms with Gasteiger partial charge in [-0.2, -0.15) is 0 Å². The SMILES string of the molecule is CCOC(=O)c1cnc2cccc(CC=O)c2c1. The molecule has 0 spiro atoms. The smallest absolute Gasteiger partial charge is 0.339 e. The fraction of sp³-hybridized carbons (Fsp3) is 0.214. The third-order valence-electron chi connectivity index (χ3n) is 2.63. The molecule has 0 unspecified atom stereocenters. The molecule has 0 bridgehead atoms. The van der Waals surface area contributed by atoms with E-state index in [4.69, 9.17) is 4.74 Å². The summed E-state index contributed by atoms with van der Waals surface area (Å²) in [6.07, 6.45) is 2.64. The fourth-order valence-electron chi connectivity index (χ4n) is 1.80. The van der Waals surface area contributed by atoms with Crippen molar-refractivity contribution in [2.75, 3.05) is 6.61 Å². The van der Waals surface area contributed by atoms with Gasteiger partial charge in [0.2, 0.25) is 0 Å². The zero-order valence-corrected chi connectivity index (χ0v) is 10.1. The third-order valence-corrected chi connectivity index (χ3v) is 2.63. The van der Waals surface area contributed by atoms with Crippen LogP contribution in [0.2, 0.25) is 0 Å². The lowest BCUT2D eigenvalue weighted by atomic mass is 10.0. The van der Waals surface area contributed by atoms with Crippen LogP contribution in [0.4, 0.5) is 0 Å². The van der Waals surface area contributed by atoms with Crippen molar-refractivity contribution in [1.82, 2.24) is 4.98 Å². The van der Waals surface area contributed by atoms with E-state index in [1.807, 2.05) is 18.2 Å². The lowest BCUT2D eigenvalue weighted by Crippen LogP contribution is -2.05. The van der Waals surface area contributed by atoms with Gasteiger partial charge >= 0.3 is 5.97 Å². The Morgan fingerprint density at radius 2 is 2.28 bits per heavy atom. The number of hydrogen-bond donors (Lipinski definition) is 0. The van der Waals surface area contributed by atoms with Crippen LogP contribution in [0, 0.1) is 0 Å². The van der Waals surface area contributed by atoms with Gasteiger partial charge in [-0.25, -0.2) is 4.79 Å². The van der Waals surface area contributed by atoms with E-state index in [2.05, 4.69) is 4.98 Å². The second kappa shape index (κ2) is 5.40. The molecule has 0 radical (unpaired) electrons. The van der Waals surface area contributed by atoms with Crippen LogP contribution in [0.25, 0.3) is 10.9 Å². The van der Waals surface area contributed by atoms with Crippen LogP contribution in [-0.4, -0.2) is 23.8 Å². The quantitative estimate of drug-likeness (QED) is 0.610. The van der Waals surface area contributed by atoms with Crippen molar-refractivity contribution in [2.24, 2.45) is 0 Å². The molecule has 0 saturated heterocycles. The van der Waals surface area contributed by atoms with Crippen LogP contribution >= 0.6 is 0 Å². The van der Waals surface area contributed by atoms with Crippen molar-refractivity contribution in [3.63, 3.8) is 0 Å². The zero-order chi connectivity index (χ0) is 13.0. The first-order chi connectivity index (χ1) is 8.76. The van der Waals surface area contributed by atoms with Gasteiger partial charge in [-0.1, -0.05) is 12.1 Å². The van der Waals surface area contributed by atoms with Crippen molar-refractivity contribution < 1.29 is 14.3 Å². The van der Waals surface area contributed by atoms with Crippen LogP contribution in [0.3, 0.4) is 0 Å². The van der Waals surface area contributed by atoms with Gasteiger partial charge in [0.25, 0.3) is 0 Å².